The summed E-state index contributed by atoms with van der Waals surface area (Å²) in [5.74, 6) is -0.467. The highest BCUT2D eigenvalue weighted by molar-refractivity contribution is 14.0. The number of thiophene rings is 1. The Morgan fingerprint density at radius 2 is 1.97 bits per heavy atom. The third kappa shape index (κ3) is 5.49. The van der Waals surface area contributed by atoms with Crippen LogP contribution in [0.5, 0.6) is 0 Å². The van der Waals surface area contributed by atoms with Crippen LogP contribution in [-0.2, 0) is 4.74 Å². The normalized spacial score (nSPS) is 22.8. The molecule has 5 nitrogen and oxygen atoms in total. The molecule has 1 aromatic heterocycles. The number of rotatable bonds is 6. The van der Waals surface area contributed by atoms with E-state index in [0.29, 0.717) is 18.9 Å². The van der Waals surface area contributed by atoms with Crippen LogP contribution in [-0.4, -0.2) is 56.8 Å². The number of morpholine rings is 1. The van der Waals surface area contributed by atoms with E-state index in [4.69, 9.17) is 4.74 Å². The summed E-state index contributed by atoms with van der Waals surface area (Å²) < 4.78 is 33.5. The zero-order chi connectivity index (χ0) is 20.2. The maximum Gasteiger partial charge on any atom is 0.191 e. The number of nitrogens with zero attached hydrogens (tertiary/aromatic N) is 2. The molecule has 1 aliphatic carbocycles. The Balaban J connectivity index is 0.00000256. The second kappa shape index (κ2) is 10.8. The molecule has 1 saturated heterocycles. The first kappa shape index (κ1) is 23.4. The predicted molar refractivity (Wildman–Crippen MR) is 127 cm³/mol. The third-order valence-electron chi connectivity index (χ3n) is 5.53. The third-order valence-corrected chi connectivity index (χ3v) is 6.50. The number of halogens is 3. The van der Waals surface area contributed by atoms with Gasteiger partial charge in [0.25, 0.3) is 0 Å². The minimum atomic E-state index is -0.479. The van der Waals surface area contributed by atoms with Gasteiger partial charge in [0.1, 0.15) is 11.6 Å². The Morgan fingerprint density at radius 1 is 1.23 bits per heavy atom. The molecule has 2 N–H and O–H groups in total. The molecule has 1 aromatic carbocycles. The topological polar surface area (TPSA) is 48.9 Å². The van der Waals surface area contributed by atoms with Crippen LogP contribution in [0.25, 0.3) is 0 Å². The number of nitrogens with one attached hydrogen (secondary N) is 2. The van der Waals surface area contributed by atoms with Gasteiger partial charge in [0.15, 0.2) is 5.96 Å². The largest absolute Gasteiger partial charge is 0.379 e. The van der Waals surface area contributed by atoms with Gasteiger partial charge in [-0.05, 0) is 30.0 Å². The first-order valence-electron chi connectivity index (χ1n) is 9.93. The Morgan fingerprint density at radius 3 is 2.60 bits per heavy atom. The van der Waals surface area contributed by atoms with E-state index < -0.39 is 11.6 Å². The summed E-state index contributed by atoms with van der Waals surface area (Å²) in [7, 11) is 1.71. The number of ether oxygens (including phenoxy) is 1. The summed E-state index contributed by atoms with van der Waals surface area (Å²) in [6.07, 6.45) is 0.691. The number of guanidine groups is 1. The molecule has 0 spiro atoms. The minimum absolute atomic E-state index is 0. The minimum Gasteiger partial charge on any atom is -0.379 e. The predicted octanol–water partition coefficient (Wildman–Crippen LogP) is 3.74. The van der Waals surface area contributed by atoms with E-state index >= 15 is 0 Å². The van der Waals surface area contributed by atoms with Crippen molar-refractivity contribution in [1.29, 1.82) is 0 Å². The van der Waals surface area contributed by atoms with Crippen molar-refractivity contribution in [3.05, 3.63) is 57.8 Å². The van der Waals surface area contributed by atoms with Crippen LogP contribution < -0.4 is 10.6 Å². The summed E-state index contributed by atoms with van der Waals surface area (Å²) in [6, 6.07) is 8.46. The van der Waals surface area contributed by atoms with Gasteiger partial charge >= 0.3 is 0 Å². The highest BCUT2D eigenvalue weighted by atomic mass is 127. The van der Waals surface area contributed by atoms with E-state index in [-0.39, 0.29) is 47.5 Å². The van der Waals surface area contributed by atoms with Gasteiger partial charge < -0.3 is 15.4 Å². The van der Waals surface area contributed by atoms with Crippen LogP contribution in [0.15, 0.2) is 40.7 Å². The molecule has 2 aromatic rings. The molecule has 2 fully saturated rings. The van der Waals surface area contributed by atoms with Crippen molar-refractivity contribution in [1.82, 2.24) is 15.5 Å². The van der Waals surface area contributed by atoms with Gasteiger partial charge in [-0.1, -0.05) is 12.1 Å². The summed E-state index contributed by atoms with van der Waals surface area (Å²) in [5, 5.41) is 8.81. The molecule has 9 heteroatoms. The van der Waals surface area contributed by atoms with Crippen molar-refractivity contribution < 1.29 is 13.5 Å². The lowest BCUT2D eigenvalue weighted by molar-refractivity contribution is 0.0177. The van der Waals surface area contributed by atoms with E-state index in [9.17, 15) is 8.78 Å². The molecule has 2 heterocycles. The fourth-order valence-electron chi connectivity index (χ4n) is 3.88. The van der Waals surface area contributed by atoms with Crippen molar-refractivity contribution in [3.8, 4) is 0 Å². The molecule has 0 amide bonds. The molecule has 3 atom stereocenters. The summed E-state index contributed by atoms with van der Waals surface area (Å²) >= 11 is 1.74. The van der Waals surface area contributed by atoms with E-state index in [0.717, 1.165) is 26.3 Å². The Hall–Kier alpha value is -1.30. The average molecular weight is 548 g/mol. The van der Waals surface area contributed by atoms with Gasteiger partial charge in [-0.25, -0.2) is 8.78 Å². The van der Waals surface area contributed by atoms with E-state index in [1.165, 1.54) is 23.1 Å². The Bertz CT molecular complexity index is 825. The number of benzene rings is 1. The molecule has 1 aliphatic heterocycles. The first-order chi connectivity index (χ1) is 14.2. The standard InChI is InChI=1S/C21H26F2N4OS.HI/c1-24-21(26-17-12-14(17)20-15(22)4-2-5-16(20)23)25-13-18(19-6-3-11-29-19)27-7-9-28-10-8-27;/h2-6,11,14,17-18H,7-10,12-13H2,1H3,(H2,24,25,26);1H. The van der Waals surface area contributed by atoms with Crippen LogP contribution in [0, 0.1) is 11.6 Å². The molecular formula is C21H27F2IN4OS. The number of hydrogen-bond donors (Lipinski definition) is 2. The van der Waals surface area contributed by atoms with Crippen LogP contribution >= 0.6 is 35.3 Å². The summed E-state index contributed by atoms with van der Waals surface area (Å²) in [4.78, 5) is 8.03. The van der Waals surface area contributed by atoms with E-state index in [2.05, 4.69) is 38.0 Å². The van der Waals surface area contributed by atoms with E-state index in [1.807, 2.05) is 0 Å². The zero-order valence-electron chi connectivity index (χ0n) is 16.8. The van der Waals surface area contributed by atoms with Gasteiger partial charge in [0, 0.05) is 49.1 Å². The van der Waals surface area contributed by atoms with Gasteiger partial charge in [-0.3, -0.25) is 9.89 Å². The average Bonchev–Trinajstić information content (AvgIpc) is 3.25. The molecule has 0 bridgehead atoms. The van der Waals surface area contributed by atoms with Gasteiger partial charge in [-0.15, -0.1) is 35.3 Å². The van der Waals surface area contributed by atoms with Crippen molar-refractivity contribution in [2.45, 2.75) is 24.4 Å². The van der Waals surface area contributed by atoms with E-state index in [1.54, 1.807) is 18.4 Å². The van der Waals surface area contributed by atoms with Gasteiger partial charge in [-0.2, -0.15) is 0 Å². The smallest absolute Gasteiger partial charge is 0.191 e. The second-order valence-corrected chi connectivity index (χ2v) is 8.34. The van der Waals surface area contributed by atoms with Gasteiger partial charge in [0.05, 0.1) is 19.3 Å². The first-order valence-corrected chi connectivity index (χ1v) is 10.8. The number of aliphatic imine (C=N–C) groups is 1. The SMILES string of the molecule is CN=C(NCC(c1cccs1)N1CCOCC1)NC1CC1c1c(F)cccc1F.I. The van der Waals surface area contributed by atoms with Crippen LogP contribution in [0.2, 0.25) is 0 Å². The number of hydrogen-bond acceptors (Lipinski definition) is 4. The maximum atomic E-state index is 14.0. The maximum absolute atomic E-state index is 14.0. The van der Waals surface area contributed by atoms with Crippen LogP contribution in [0.4, 0.5) is 8.78 Å². The Kier molecular flexibility index (Phi) is 8.44. The van der Waals surface area contributed by atoms with Crippen LogP contribution in [0.3, 0.4) is 0 Å². The zero-order valence-corrected chi connectivity index (χ0v) is 20.0. The fraction of sp³-hybridized carbons (Fsp3) is 0.476. The quantitative estimate of drug-likeness (QED) is 0.328. The second-order valence-electron chi connectivity index (χ2n) is 7.36. The van der Waals surface area contributed by atoms with Crippen molar-refractivity contribution >= 4 is 41.3 Å². The lowest BCUT2D eigenvalue weighted by Gasteiger charge is -2.34. The molecule has 1 saturated carbocycles. The highest BCUT2D eigenvalue weighted by Gasteiger charge is 2.42. The molecule has 30 heavy (non-hydrogen) atoms. The van der Waals surface area contributed by atoms with Crippen molar-refractivity contribution in [3.63, 3.8) is 0 Å². The Labute approximate surface area is 196 Å². The lowest BCUT2D eigenvalue weighted by Crippen LogP contribution is -2.46. The fourth-order valence-corrected chi connectivity index (χ4v) is 4.74. The molecule has 0 radical (unpaired) electrons. The molecule has 4 rings (SSSR count). The highest BCUT2D eigenvalue weighted by Crippen LogP contribution is 2.43. The summed E-state index contributed by atoms with van der Waals surface area (Å²) in [5.41, 5.74) is 0.172. The van der Waals surface area contributed by atoms with Crippen molar-refractivity contribution in [2.75, 3.05) is 39.9 Å². The summed E-state index contributed by atoms with van der Waals surface area (Å²) in [6.45, 7) is 3.98. The molecule has 2 aliphatic rings. The van der Waals surface area contributed by atoms with Crippen molar-refractivity contribution in [2.24, 2.45) is 4.99 Å². The monoisotopic (exact) mass is 548 g/mol. The lowest BCUT2D eigenvalue weighted by atomic mass is 10.1. The van der Waals surface area contributed by atoms with Gasteiger partial charge in [0.2, 0.25) is 0 Å². The molecular weight excluding hydrogens is 521 g/mol. The molecule has 3 unspecified atom stereocenters. The molecule has 164 valence electrons. The van der Waals surface area contributed by atoms with Crippen LogP contribution in [0.1, 0.15) is 28.8 Å².